The van der Waals surface area contributed by atoms with Gasteiger partial charge < -0.3 is 10.6 Å². The molecule has 1 amide bonds. The van der Waals surface area contributed by atoms with E-state index in [1.807, 2.05) is 11.8 Å². The van der Waals surface area contributed by atoms with Crippen LogP contribution in [0.1, 0.15) is 19.8 Å². The Labute approximate surface area is 140 Å². The Bertz CT molecular complexity index is 527. The van der Waals surface area contributed by atoms with Crippen molar-refractivity contribution in [3.05, 3.63) is 34.4 Å². The lowest BCUT2D eigenvalue weighted by Gasteiger charge is -2.26. The predicted molar refractivity (Wildman–Crippen MR) is 89.5 cm³/mol. The monoisotopic (exact) mass is 345 g/mol. The van der Waals surface area contributed by atoms with Crippen LogP contribution in [0.5, 0.6) is 0 Å². The molecule has 1 aliphatic rings. The minimum absolute atomic E-state index is 0. The van der Waals surface area contributed by atoms with Crippen molar-refractivity contribution < 1.29 is 9.72 Å². The molecule has 8 heteroatoms. The number of hydrogen-bond donors (Lipinski definition) is 1. The Morgan fingerprint density at radius 1 is 1.50 bits per heavy atom. The first kappa shape index (κ1) is 18.7. The number of halogens is 1. The van der Waals surface area contributed by atoms with E-state index < -0.39 is 4.92 Å². The topological polar surface area (TPSA) is 89.5 Å². The molecule has 0 aliphatic carbocycles. The highest BCUT2D eigenvalue weighted by atomic mass is 35.5. The largest absolute Gasteiger partial charge is 0.337 e. The third-order valence-electron chi connectivity index (χ3n) is 3.64. The highest BCUT2D eigenvalue weighted by molar-refractivity contribution is 8.00. The number of nitro benzene ring substituents is 1. The highest BCUT2D eigenvalue weighted by Crippen LogP contribution is 2.28. The van der Waals surface area contributed by atoms with Crippen molar-refractivity contribution in [1.29, 1.82) is 0 Å². The van der Waals surface area contributed by atoms with Gasteiger partial charge in [0.2, 0.25) is 5.91 Å². The van der Waals surface area contributed by atoms with Crippen LogP contribution in [0.3, 0.4) is 0 Å². The van der Waals surface area contributed by atoms with Gasteiger partial charge in [-0.3, -0.25) is 14.9 Å². The lowest BCUT2D eigenvalue weighted by molar-refractivity contribution is -0.384. The molecule has 1 aromatic carbocycles. The number of nitro groups is 1. The van der Waals surface area contributed by atoms with Crippen molar-refractivity contribution in [3.63, 3.8) is 0 Å². The van der Waals surface area contributed by atoms with Crippen molar-refractivity contribution in [2.45, 2.75) is 36.0 Å². The molecule has 0 saturated carbocycles. The van der Waals surface area contributed by atoms with Gasteiger partial charge in [0.25, 0.3) is 5.69 Å². The van der Waals surface area contributed by atoms with Crippen LogP contribution in [0.25, 0.3) is 0 Å². The lowest BCUT2D eigenvalue weighted by Crippen LogP contribution is -2.43. The minimum Gasteiger partial charge on any atom is -0.337 e. The number of nitrogens with two attached hydrogens (primary N) is 1. The summed E-state index contributed by atoms with van der Waals surface area (Å²) in [5, 5.41) is 10.4. The molecule has 2 rings (SSSR count). The van der Waals surface area contributed by atoms with Crippen LogP contribution in [0.15, 0.2) is 29.2 Å². The molecule has 122 valence electrons. The smallest absolute Gasteiger partial charge is 0.269 e. The van der Waals surface area contributed by atoms with Crippen LogP contribution >= 0.6 is 24.2 Å². The molecule has 1 heterocycles. The summed E-state index contributed by atoms with van der Waals surface area (Å²) < 4.78 is 0. The molecule has 0 spiro atoms. The zero-order valence-electron chi connectivity index (χ0n) is 12.3. The van der Waals surface area contributed by atoms with Gasteiger partial charge in [0.05, 0.1) is 10.2 Å². The number of benzene rings is 1. The highest BCUT2D eigenvalue weighted by Gasteiger charge is 2.30. The number of amides is 1. The first-order chi connectivity index (χ1) is 10.0. The molecule has 0 bridgehead atoms. The van der Waals surface area contributed by atoms with Gasteiger partial charge in [-0.2, -0.15) is 0 Å². The summed E-state index contributed by atoms with van der Waals surface area (Å²) in [6.07, 6.45) is 1.97. The van der Waals surface area contributed by atoms with E-state index >= 15 is 0 Å². The van der Waals surface area contributed by atoms with Gasteiger partial charge in [-0.15, -0.1) is 24.2 Å². The van der Waals surface area contributed by atoms with Crippen molar-refractivity contribution in [3.8, 4) is 0 Å². The van der Waals surface area contributed by atoms with Crippen LogP contribution in [0, 0.1) is 10.1 Å². The average molecular weight is 346 g/mol. The molecular formula is C14H20ClN3O3S. The molecule has 1 fully saturated rings. The second-order valence-electron chi connectivity index (χ2n) is 5.07. The Morgan fingerprint density at radius 2 is 2.14 bits per heavy atom. The third-order valence-corrected chi connectivity index (χ3v) is 4.74. The second kappa shape index (κ2) is 8.36. The molecule has 0 radical (unpaired) electrons. The number of carbonyl (C=O) groups excluding carboxylic acids is 1. The molecule has 6 nitrogen and oxygen atoms in total. The van der Waals surface area contributed by atoms with Crippen LogP contribution < -0.4 is 5.73 Å². The zero-order chi connectivity index (χ0) is 15.4. The van der Waals surface area contributed by atoms with E-state index in [4.69, 9.17) is 5.73 Å². The third kappa shape index (κ3) is 4.34. The van der Waals surface area contributed by atoms with E-state index in [9.17, 15) is 14.9 Å². The van der Waals surface area contributed by atoms with E-state index in [1.54, 1.807) is 12.1 Å². The summed E-state index contributed by atoms with van der Waals surface area (Å²) in [5.41, 5.74) is 5.75. The lowest BCUT2D eigenvalue weighted by atomic mass is 10.2. The Morgan fingerprint density at radius 3 is 2.68 bits per heavy atom. The molecule has 1 aromatic rings. The van der Waals surface area contributed by atoms with Gasteiger partial charge in [0.15, 0.2) is 0 Å². The second-order valence-corrected chi connectivity index (χ2v) is 6.49. The summed E-state index contributed by atoms with van der Waals surface area (Å²) in [6.45, 7) is 3.13. The summed E-state index contributed by atoms with van der Waals surface area (Å²) >= 11 is 1.42. The summed E-state index contributed by atoms with van der Waals surface area (Å²) in [5.74, 6) is 0.0892. The van der Waals surface area contributed by atoms with Gasteiger partial charge in [-0.1, -0.05) is 0 Å². The maximum Gasteiger partial charge on any atom is 0.269 e. The molecule has 22 heavy (non-hydrogen) atoms. The van der Waals surface area contributed by atoms with Crippen molar-refractivity contribution in [2.24, 2.45) is 5.73 Å². The Balaban J connectivity index is 0.00000242. The van der Waals surface area contributed by atoms with Crippen LogP contribution in [-0.4, -0.2) is 40.1 Å². The Kier molecular flexibility index (Phi) is 7.12. The van der Waals surface area contributed by atoms with Gasteiger partial charge >= 0.3 is 0 Å². The number of thioether (sulfide) groups is 1. The van der Waals surface area contributed by atoms with Gasteiger partial charge in [-0.05, 0) is 31.9 Å². The molecule has 0 aromatic heterocycles. The number of hydrogen-bond acceptors (Lipinski definition) is 5. The number of likely N-dealkylation sites (tertiary alicyclic amines) is 1. The fourth-order valence-corrected chi connectivity index (χ4v) is 3.44. The maximum atomic E-state index is 12.4. The first-order valence-corrected chi connectivity index (χ1v) is 7.82. The van der Waals surface area contributed by atoms with Crippen LogP contribution in [0.4, 0.5) is 5.69 Å². The van der Waals surface area contributed by atoms with E-state index in [0.29, 0.717) is 6.54 Å². The number of non-ortho nitro benzene ring substituents is 1. The molecule has 2 unspecified atom stereocenters. The summed E-state index contributed by atoms with van der Waals surface area (Å²) in [4.78, 5) is 25.3. The molecular weight excluding hydrogens is 326 g/mol. The Hall–Kier alpha value is -1.31. The summed E-state index contributed by atoms with van der Waals surface area (Å²) in [7, 11) is 0. The van der Waals surface area contributed by atoms with E-state index in [-0.39, 0.29) is 35.3 Å². The molecule has 2 N–H and O–H groups in total. The predicted octanol–water partition coefficient (Wildman–Crippen LogP) is 2.45. The number of rotatable bonds is 5. The first-order valence-electron chi connectivity index (χ1n) is 6.94. The van der Waals surface area contributed by atoms with E-state index in [2.05, 4.69) is 0 Å². The number of carbonyl (C=O) groups is 1. The molecule has 1 saturated heterocycles. The van der Waals surface area contributed by atoms with E-state index in [1.165, 1.54) is 23.9 Å². The summed E-state index contributed by atoms with van der Waals surface area (Å²) in [6, 6.07) is 6.42. The normalized spacial score (nSPS) is 18.6. The fourth-order valence-electron chi connectivity index (χ4n) is 2.51. The molecule has 1 aliphatic heterocycles. The molecule has 2 atom stereocenters. The SMILES string of the molecule is CC(Sc1ccc([N+](=O)[O-])cc1)C(=O)N1CCCC1CN.Cl. The number of nitrogens with zero attached hydrogens (tertiary/aromatic N) is 2. The van der Waals surface area contributed by atoms with Gasteiger partial charge in [-0.25, -0.2) is 0 Å². The van der Waals surface area contributed by atoms with E-state index in [0.717, 1.165) is 24.3 Å². The zero-order valence-corrected chi connectivity index (χ0v) is 13.9. The maximum absolute atomic E-state index is 12.4. The quantitative estimate of drug-likeness (QED) is 0.503. The van der Waals surface area contributed by atoms with Crippen molar-refractivity contribution in [1.82, 2.24) is 4.90 Å². The fraction of sp³-hybridized carbons (Fsp3) is 0.500. The minimum atomic E-state index is -0.431. The standard InChI is InChI=1S/C14H19N3O3S.ClH/c1-10(14(18)16-8-2-3-12(16)9-15)21-13-6-4-11(5-7-13)17(19)20;/h4-7,10,12H,2-3,8-9,15H2,1H3;1H. The van der Waals surface area contributed by atoms with Crippen molar-refractivity contribution in [2.75, 3.05) is 13.1 Å². The van der Waals surface area contributed by atoms with Gasteiger partial charge in [0, 0.05) is 36.2 Å². The van der Waals surface area contributed by atoms with Crippen LogP contribution in [0.2, 0.25) is 0 Å². The van der Waals surface area contributed by atoms with Gasteiger partial charge in [0.1, 0.15) is 0 Å². The van der Waals surface area contributed by atoms with Crippen molar-refractivity contribution >= 4 is 35.8 Å². The average Bonchev–Trinajstić information content (AvgIpc) is 2.95. The van der Waals surface area contributed by atoms with Crippen LogP contribution in [-0.2, 0) is 4.79 Å².